The maximum Gasteiger partial charge on any atom is 0.336 e. The molecule has 0 unspecified atom stereocenters. The largest absolute Gasteiger partial charge is 0.478 e. The number of hydrogen-bond acceptors (Lipinski definition) is 4. The summed E-state index contributed by atoms with van der Waals surface area (Å²) in [4.78, 5) is 20.8. The number of benzene rings is 1. The van der Waals surface area contributed by atoms with Crippen molar-refractivity contribution in [1.29, 1.82) is 0 Å². The van der Waals surface area contributed by atoms with Crippen molar-refractivity contribution in [3.8, 4) is 0 Å². The van der Waals surface area contributed by atoms with E-state index in [0.29, 0.717) is 11.4 Å². The second-order valence-electron chi connectivity index (χ2n) is 4.05. The number of anilines is 2. The van der Waals surface area contributed by atoms with E-state index in [9.17, 15) is 4.79 Å². The number of rotatable bonds is 3. The maximum atomic E-state index is 11.1. The van der Waals surface area contributed by atoms with Gasteiger partial charge in [-0.3, -0.25) is 0 Å². The van der Waals surface area contributed by atoms with Crippen molar-refractivity contribution in [2.24, 2.45) is 0 Å². The van der Waals surface area contributed by atoms with Crippen LogP contribution in [0.15, 0.2) is 30.5 Å². The van der Waals surface area contributed by atoms with Gasteiger partial charge in [-0.15, -0.1) is 0 Å². The number of aromatic carboxylic acids is 1. The van der Waals surface area contributed by atoms with Gasteiger partial charge in [0.1, 0.15) is 5.82 Å². The molecule has 0 saturated carbocycles. The molecule has 0 spiro atoms. The van der Waals surface area contributed by atoms with E-state index >= 15 is 0 Å². The van der Waals surface area contributed by atoms with Crippen molar-refractivity contribution in [3.63, 3.8) is 0 Å². The summed E-state index contributed by atoms with van der Waals surface area (Å²) < 4.78 is 0. The Labute approximate surface area is 115 Å². The quantitative estimate of drug-likeness (QED) is 0.874. The first kappa shape index (κ1) is 13.3. The van der Waals surface area contributed by atoms with Crippen molar-refractivity contribution in [2.45, 2.75) is 6.92 Å². The third kappa shape index (κ3) is 2.82. The molecule has 1 aromatic carbocycles. The second-order valence-corrected chi connectivity index (χ2v) is 4.39. The molecule has 98 valence electrons. The molecule has 0 saturated heterocycles. The van der Waals surface area contributed by atoms with Gasteiger partial charge in [-0.1, -0.05) is 6.07 Å². The molecule has 0 radical (unpaired) electrons. The molecule has 1 aromatic heterocycles. The highest BCUT2D eigenvalue weighted by molar-refractivity contribution is 6.28. The van der Waals surface area contributed by atoms with Gasteiger partial charge in [-0.05, 0) is 42.3 Å². The highest BCUT2D eigenvalue weighted by Crippen LogP contribution is 2.24. The number of aromatic nitrogens is 2. The van der Waals surface area contributed by atoms with Crippen LogP contribution in [-0.4, -0.2) is 28.1 Å². The zero-order valence-electron chi connectivity index (χ0n) is 10.5. The van der Waals surface area contributed by atoms with Crippen LogP contribution < -0.4 is 4.90 Å². The van der Waals surface area contributed by atoms with Gasteiger partial charge in [0.15, 0.2) is 0 Å². The third-order valence-corrected chi connectivity index (χ3v) is 2.98. The average Bonchev–Trinajstić information content (AvgIpc) is 2.38. The normalized spacial score (nSPS) is 10.3. The van der Waals surface area contributed by atoms with E-state index in [0.717, 1.165) is 5.69 Å². The average molecular weight is 278 g/mol. The number of nitrogens with zero attached hydrogens (tertiary/aromatic N) is 3. The molecule has 5 nitrogen and oxygen atoms in total. The second kappa shape index (κ2) is 5.24. The SMILES string of the molecule is Cc1ccc(N(C)c2ccnc(Cl)n2)cc1C(=O)O. The Balaban J connectivity index is 2.42. The number of carbonyl (C=O) groups is 1. The van der Waals surface area contributed by atoms with Gasteiger partial charge in [0.25, 0.3) is 0 Å². The number of carboxylic acid groups (broad SMARTS) is 1. The van der Waals surface area contributed by atoms with Crippen LogP contribution in [0.1, 0.15) is 15.9 Å². The lowest BCUT2D eigenvalue weighted by molar-refractivity contribution is 0.0696. The van der Waals surface area contributed by atoms with E-state index in [-0.39, 0.29) is 10.8 Å². The molecule has 2 aromatic rings. The summed E-state index contributed by atoms with van der Waals surface area (Å²) in [5.74, 6) is -0.353. The first-order valence-electron chi connectivity index (χ1n) is 5.55. The van der Waals surface area contributed by atoms with E-state index in [1.807, 2.05) is 6.07 Å². The molecule has 0 bridgehead atoms. The first-order valence-corrected chi connectivity index (χ1v) is 5.93. The molecule has 0 atom stereocenters. The monoisotopic (exact) mass is 277 g/mol. The smallest absolute Gasteiger partial charge is 0.336 e. The molecule has 0 aliphatic carbocycles. The van der Waals surface area contributed by atoms with Gasteiger partial charge >= 0.3 is 5.97 Å². The molecule has 19 heavy (non-hydrogen) atoms. The standard InChI is InChI=1S/C13H12ClN3O2/c1-8-3-4-9(7-10(8)12(18)19)17(2)11-5-6-15-13(14)16-11/h3-7H,1-2H3,(H,18,19). The van der Waals surface area contributed by atoms with Crippen LogP contribution in [0.25, 0.3) is 0 Å². The summed E-state index contributed by atoms with van der Waals surface area (Å²) in [7, 11) is 1.79. The van der Waals surface area contributed by atoms with Crippen molar-refractivity contribution < 1.29 is 9.90 Å². The Morgan fingerprint density at radius 2 is 2.11 bits per heavy atom. The fourth-order valence-electron chi connectivity index (χ4n) is 1.69. The highest BCUT2D eigenvalue weighted by Gasteiger charge is 2.12. The predicted octanol–water partition coefficient (Wildman–Crippen LogP) is 2.90. The third-order valence-electron chi connectivity index (χ3n) is 2.79. The van der Waals surface area contributed by atoms with Crippen LogP contribution in [0.4, 0.5) is 11.5 Å². The summed E-state index contributed by atoms with van der Waals surface area (Å²) >= 11 is 5.74. The Morgan fingerprint density at radius 3 is 2.74 bits per heavy atom. The van der Waals surface area contributed by atoms with Gasteiger partial charge < -0.3 is 10.0 Å². The summed E-state index contributed by atoms with van der Waals surface area (Å²) in [5, 5.41) is 9.27. The van der Waals surface area contributed by atoms with Gasteiger partial charge in [0, 0.05) is 18.9 Å². The van der Waals surface area contributed by atoms with Crippen LogP contribution >= 0.6 is 11.6 Å². The molecule has 0 amide bonds. The molecule has 0 aliphatic rings. The molecule has 0 fully saturated rings. The summed E-state index contributed by atoms with van der Waals surface area (Å²) in [6, 6.07) is 6.90. The minimum atomic E-state index is -0.950. The number of carboxylic acids is 1. The van der Waals surface area contributed by atoms with Crippen LogP contribution in [0.5, 0.6) is 0 Å². The van der Waals surface area contributed by atoms with Crippen molar-refractivity contribution in [3.05, 3.63) is 46.9 Å². The maximum absolute atomic E-state index is 11.1. The van der Waals surface area contributed by atoms with Gasteiger partial charge in [-0.25, -0.2) is 14.8 Å². The first-order chi connectivity index (χ1) is 8.99. The molecule has 2 rings (SSSR count). The Kier molecular flexibility index (Phi) is 3.66. The van der Waals surface area contributed by atoms with E-state index < -0.39 is 5.97 Å². The van der Waals surface area contributed by atoms with Crippen LogP contribution in [0, 0.1) is 6.92 Å². The highest BCUT2D eigenvalue weighted by atomic mass is 35.5. The lowest BCUT2D eigenvalue weighted by atomic mass is 10.1. The van der Waals surface area contributed by atoms with Crippen molar-refractivity contribution in [2.75, 3.05) is 11.9 Å². The minimum Gasteiger partial charge on any atom is -0.478 e. The summed E-state index contributed by atoms with van der Waals surface area (Å²) in [5.41, 5.74) is 1.70. The fourth-order valence-corrected chi connectivity index (χ4v) is 1.84. The zero-order chi connectivity index (χ0) is 14.0. The van der Waals surface area contributed by atoms with E-state index in [1.165, 1.54) is 0 Å². The summed E-state index contributed by atoms with van der Waals surface area (Å²) in [6.45, 7) is 1.76. The van der Waals surface area contributed by atoms with E-state index in [2.05, 4.69) is 9.97 Å². The van der Waals surface area contributed by atoms with Crippen LogP contribution in [-0.2, 0) is 0 Å². The number of hydrogen-bond donors (Lipinski definition) is 1. The predicted molar refractivity (Wildman–Crippen MR) is 73.2 cm³/mol. The lowest BCUT2D eigenvalue weighted by Gasteiger charge is -2.19. The molecular weight excluding hydrogens is 266 g/mol. The Hall–Kier alpha value is -2.14. The zero-order valence-corrected chi connectivity index (χ0v) is 11.2. The summed E-state index contributed by atoms with van der Waals surface area (Å²) in [6.07, 6.45) is 1.55. The molecule has 1 N–H and O–H groups in total. The number of aryl methyl sites for hydroxylation is 1. The van der Waals surface area contributed by atoms with E-state index in [4.69, 9.17) is 16.7 Å². The Bertz CT molecular complexity index is 631. The molecule has 0 aliphatic heterocycles. The molecule has 1 heterocycles. The van der Waals surface area contributed by atoms with Crippen LogP contribution in [0.2, 0.25) is 5.28 Å². The van der Waals surface area contributed by atoms with Crippen molar-refractivity contribution in [1.82, 2.24) is 9.97 Å². The number of halogens is 1. The van der Waals surface area contributed by atoms with Gasteiger partial charge in [0.05, 0.1) is 5.56 Å². The van der Waals surface area contributed by atoms with Gasteiger partial charge in [0.2, 0.25) is 5.28 Å². The lowest BCUT2D eigenvalue weighted by Crippen LogP contribution is -2.12. The van der Waals surface area contributed by atoms with Gasteiger partial charge in [-0.2, -0.15) is 0 Å². The molecule has 6 heteroatoms. The Morgan fingerprint density at radius 1 is 1.37 bits per heavy atom. The topological polar surface area (TPSA) is 66.3 Å². The fraction of sp³-hybridized carbons (Fsp3) is 0.154. The molecular formula is C13H12ClN3O2. The minimum absolute atomic E-state index is 0.148. The van der Waals surface area contributed by atoms with E-state index in [1.54, 1.807) is 43.3 Å². The van der Waals surface area contributed by atoms with Crippen LogP contribution in [0.3, 0.4) is 0 Å². The van der Waals surface area contributed by atoms with Crippen molar-refractivity contribution >= 4 is 29.1 Å².